The first-order valence-electron chi connectivity index (χ1n) is 13.0. The minimum Gasteiger partial charge on any atom is -0.291 e. The second-order valence-corrected chi connectivity index (χ2v) is 12.9. The van der Waals surface area contributed by atoms with Crippen molar-refractivity contribution in [2.75, 3.05) is 0 Å². The Balaban J connectivity index is 1.46. The number of sulfone groups is 1. The zero-order chi connectivity index (χ0) is 27.4. The van der Waals surface area contributed by atoms with Crippen LogP contribution in [0.4, 0.5) is 4.39 Å². The van der Waals surface area contributed by atoms with Crippen LogP contribution in [0, 0.1) is 25.1 Å². The number of aryl methyl sites for hydroxylation is 2. The summed E-state index contributed by atoms with van der Waals surface area (Å²) < 4.78 is 43.0. The Labute approximate surface area is 227 Å². The highest BCUT2D eigenvalue weighted by Gasteiger charge is 2.52. The van der Waals surface area contributed by atoms with Crippen LogP contribution in [0.1, 0.15) is 52.1 Å². The summed E-state index contributed by atoms with van der Waals surface area (Å²) in [5.74, 6) is -0.497. The van der Waals surface area contributed by atoms with Crippen LogP contribution in [0.15, 0.2) is 83.5 Å². The van der Waals surface area contributed by atoms with E-state index >= 15 is 0 Å². The van der Waals surface area contributed by atoms with E-state index in [1.165, 1.54) is 12.1 Å². The lowest BCUT2D eigenvalue weighted by atomic mass is 9.61. The Hall–Kier alpha value is -3.91. The Morgan fingerprint density at radius 1 is 1.05 bits per heavy atom. The number of hydrogen-bond donors (Lipinski definition) is 0. The molecule has 2 aromatic heterocycles. The normalized spacial score (nSPS) is 20.6. The fourth-order valence-electron chi connectivity index (χ4n) is 6.01. The van der Waals surface area contributed by atoms with Crippen molar-refractivity contribution in [2.24, 2.45) is 5.41 Å². The first kappa shape index (κ1) is 25.4. The number of aromatic nitrogens is 3. The highest BCUT2D eigenvalue weighted by molar-refractivity contribution is 7.92. The summed E-state index contributed by atoms with van der Waals surface area (Å²) in [6.45, 7) is 3.78. The van der Waals surface area contributed by atoms with Crippen LogP contribution in [0.3, 0.4) is 0 Å². The van der Waals surface area contributed by atoms with Crippen molar-refractivity contribution in [3.8, 4) is 5.69 Å². The number of ketones is 1. The molecule has 6 nitrogen and oxygen atoms in total. The molecule has 0 saturated heterocycles. The summed E-state index contributed by atoms with van der Waals surface area (Å²) in [6, 6.07) is 16.7. The second-order valence-electron chi connectivity index (χ2n) is 10.6. The zero-order valence-corrected chi connectivity index (χ0v) is 22.6. The standard InChI is InChI=1S/C31H28FN3O3S/c1-20-4-3-5-26(14-20)39(37,38)27-11-6-23-16-29-22(19-34-35(29)25-9-7-24(32)8-10-25)17-31(23,18-27)30(36)28-15-21(2)12-13-33-28/h3-5,7-10,12-16,19,27H,6,11,17-18H2,1-2H3/t27-,31+/m1/s1. The molecule has 0 spiro atoms. The second kappa shape index (κ2) is 9.38. The number of Topliss-reactive ketones (excluding diaryl/α,β-unsaturated/α-hetero) is 1. The molecule has 1 saturated carbocycles. The Kier molecular flexibility index (Phi) is 6.10. The molecular formula is C31H28FN3O3S. The molecule has 0 N–H and O–H groups in total. The summed E-state index contributed by atoms with van der Waals surface area (Å²) in [5.41, 5.74) is 4.35. The van der Waals surface area contributed by atoms with E-state index < -0.39 is 20.5 Å². The predicted octanol–water partition coefficient (Wildman–Crippen LogP) is 5.86. The molecule has 0 bridgehead atoms. The molecule has 0 unspecified atom stereocenters. The summed E-state index contributed by atoms with van der Waals surface area (Å²) in [5, 5.41) is 3.85. The van der Waals surface area contributed by atoms with Gasteiger partial charge in [0.2, 0.25) is 0 Å². The van der Waals surface area contributed by atoms with E-state index in [2.05, 4.69) is 10.1 Å². The van der Waals surface area contributed by atoms with E-state index in [1.54, 1.807) is 53.5 Å². The maximum absolute atomic E-state index is 14.3. The smallest absolute Gasteiger partial charge is 0.191 e. The first-order chi connectivity index (χ1) is 18.7. The monoisotopic (exact) mass is 541 g/mol. The van der Waals surface area contributed by atoms with Crippen molar-refractivity contribution in [1.29, 1.82) is 0 Å². The lowest BCUT2D eigenvalue weighted by molar-refractivity contribution is 0.0796. The van der Waals surface area contributed by atoms with Crippen molar-refractivity contribution in [3.05, 3.63) is 113 Å². The molecule has 2 heterocycles. The fourth-order valence-corrected chi connectivity index (χ4v) is 7.94. The molecule has 2 atom stereocenters. The molecule has 2 aromatic carbocycles. The third-order valence-electron chi connectivity index (χ3n) is 8.03. The van der Waals surface area contributed by atoms with E-state index in [1.807, 2.05) is 32.1 Å². The number of fused-ring (bicyclic) bond motifs is 2. The zero-order valence-electron chi connectivity index (χ0n) is 21.8. The van der Waals surface area contributed by atoms with Crippen LogP contribution < -0.4 is 0 Å². The predicted molar refractivity (Wildman–Crippen MR) is 147 cm³/mol. The van der Waals surface area contributed by atoms with Gasteiger partial charge in [-0.1, -0.05) is 17.7 Å². The number of nitrogens with zero attached hydrogens (tertiary/aromatic N) is 3. The van der Waals surface area contributed by atoms with Crippen LogP contribution in [0.5, 0.6) is 0 Å². The largest absolute Gasteiger partial charge is 0.291 e. The number of hydrogen-bond acceptors (Lipinski definition) is 5. The van der Waals surface area contributed by atoms with Crippen LogP contribution in [-0.4, -0.2) is 34.2 Å². The number of carbonyl (C=O) groups excluding carboxylic acids is 1. The summed E-state index contributed by atoms with van der Waals surface area (Å²) in [7, 11) is -3.67. The average molecular weight is 542 g/mol. The van der Waals surface area contributed by atoms with Gasteiger partial charge < -0.3 is 0 Å². The van der Waals surface area contributed by atoms with Crippen LogP contribution in [0.2, 0.25) is 0 Å². The number of rotatable bonds is 5. The third kappa shape index (κ3) is 4.33. The first-order valence-corrected chi connectivity index (χ1v) is 14.5. The molecule has 2 aliphatic carbocycles. The maximum atomic E-state index is 14.3. The SMILES string of the molecule is Cc1cccc(S(=O)(=O)[C@@H]2CCC3=Cc4c(cnn4-c4ccc(F)cc4)C[C@]3(C(=O)c3cc(C)ccn3)C2)c1. The van der Waals surface area contributed by atoms with Crippen molar-refractivity contribution >= 4 is 21.7 Å². The Bertz CT molecular complexity index is 1740. The Morgan fingerprint density at radius 2 is 1.82 bits per heavy atom. The van der Waals surface area contributed by atoms with Gasteiger partial charge in [-0.25, -0.2) is 17.5 Å². The molecule has 0 amide bonds. The van der Waals surface area contributed by atoms with Crippen molar-refractivity contribution in [2.45, 2.75) is 49.7 Å². The number of pyridine rings is 1. The van der Waals surface area contributed by atoms with Gasteiger partial charge in [-0.2, -0.15) is 5.10 Å². The number of halogens is 1. The molecule has 2 aliphatic rings. The van der Waals surface area contributed by atoms with Crippen LogP contribution in [0.25, 0.3) is 11.8 Å². The third-order valence-corrected chi connectivity index (χ3v) is 10.2. The van der Waals surface area contributed by atoms with E-state index in [4.69, 9.17) is 0 Å². The van der Waals surface area contributed by atoms with E-state index in [-0.39, 0.29) is 22.9 Å². The van der Waals surface area contributed by atoms with Gasteiger partial charge in [-0.3, -0.25) is 9.78 Å². The van der Waals surface area contributed by atoms with E-state index in [0.29, 0.717) is 30.6 Å². The van der Waals surface area contributed by atoms with Gasteiger partial charge in [0.05, 0.1) is 33.1 Å². The molecule has 8 heteroatoms. The van der Waals surface area contributed by atoms with Gasteiger partial charge in [0.1, 0.15) is 11.5 Å². The Morgan fingerprint density at radius 3 is 2.56 bits per heavy atom. The number of benzene rings is 2. The minimum absolute atomic E-state index is 0.165. The lowest BCUT2D eigenvalue weighted by Gasteiger charge is -2.43. The van der Waals surface area contributed by atoms with Gasteiger partial charge in [0, 0.05) is 6.20 Å². The minimum atomic E-state index is -3.67. The highest BCUT2D eigenvalue weighted by Crippen LogP contribution is 2.51. The van der Waals surface area contributed by atoms with Gasteiger partial charge in [-0.15, -0.1) is 0 Å². The van der Waals surface area contributed by atoms with Crippen molar-refractivity contribution in [1.82, 2.24) is 14.8 Å². The molecule has 4 aromatic rings. The van der Waals surface area contributed by atoms with Crippen LogP contribution >= 0.6 is 0 Å². The highest BCUT2D eigenvalue weighted by atomic mass is 32.2. The van der Waals surface area contributed by atoms with E-state index in [9.17, 15) is 17.6 Å². The summed E-state index contributed by atoms with van der Waals surface area (Å²) in [6.07, 6.45) is 6.70. The van der Waals surface area contributed by atoms with Gasteiger partial charge in [0.15, 0.2) is 15.6 Å². The molecule has 198 valence electrons. The number of carbonyl (C=O) groups is 1. The maximum Gasteiger partial charge on any atom is 0.191 e. The van der Waals surface area contributed by atoms with Gasteiger partial charge in [0.25, 0.3) is 0 Å². The van der Waals surface area contributed by atoms with E-state index in [0.717, 1.165) is 28.0 Å². The van der Waals surface area contributed by atoms with Crippen LogP contribution in [-0.2, 0) is 16.3 Å². The number of allylic oxidation sites excluding steroid dienone is 1. The molecule has 1 fully saturated rings. The van der Waals surface area contributed by atoms with Crippen molar-refractivity contribution in [3.63, 3.8) is 0 Å². The molecule has 0 aliphatic heterocycles. The van der Waals surface area contributed by atoms with Crippen molar-refractivity contribution < 1.29 is 17.6 Å². The summed E-state index contributed by atoms with van der Waals surface area (Å²) in [4.78, 5) is 19.0. The molecule has 6 rings (SSSR count). The molecular weight excluding hydrogens is 513 g/mol. The lowest BCUT2D eigenvalue weighted by Crippen LogP contribution is -2.45. The van der Waals surface area contributed by atoms with Gasteiger partial charge in [-0.05, 0) is 111 Å². The molecule has 0 radical (unpaired) electrons. The van der Waals surface area contributed by atoms with Gasteiger partial charge >= 0.3 is 0 Å². The summed E-state index contributed by atoms with van der Waals surface area (Å²) >= 11 is 0. The quantitative estimate of drug-likeness (QED) is 0.296. The molecule has 39 heavy (non-hydrogen) atoms. The topological polar surface area (TPSA) is 81.9 Å². The fraction of sp³-hybridized carbons (Fsp3) is 0.258. The average Bonchev–Trinajstić information content (AvgIpc) is 3.33.